The van der Waals surface area contributed by atoms with Gasteiger partial charge < -0.3 is 5.32 Å². The first-order valence-corrected chi connectivity index (χ1v) is 7.41. The maximum absolute atomic E-state index is 14.0. The van der Waals surface area contributed by atoms with Crippen molar-refractivity contribution in [2.75, 3.05) is 6.54 Å². The molecule has 1 unspecified atom stereocenters. The summed E-state index contributed by atoms with van der Waals surface area (Å²) in [5.41, 5.74) is 0.296. The normalized spacial score (nSPS) is 13.6. The molecule has 0 aliphatic carbocycles. The van der Waals surface area contributed by atoms with Crippen LogP contribution in [0.15, 0.2) is 16.6 Å². The van der Waals surface area contributed by atoms with Crippen LogP contribution in [0.25, 0.3) is 0 Å². The van der Waals surface area contributed by atoms with Crippen LogP contribution in [0.4, 0.5) is 8.78 Å². The molecule has 4 heteroatoms. The summed E-state index contributed by atoms with van der Waals surface area (Å²) in [6.07, 6.45) is 1.62. The van der Waals surface area contributed by atoms with Crippen molar-refractivity contribution in [2.45, 2.75) is 46.6 Å². The molecule has 19 heavy (non-hydrogen) atoms. The standard InChI is InChI=1S/C15H22BrF2N/c1-5-19-13(6-7-15(2,3)4)14-11(17)8-10(16)9-12(14)18/h8-9,13,19H,5-7H2,1-4H3. The molecule has 0 saturated carbocycles. The molecule has 1 nitrogen and oxygen atoms in total. The fraction of sp³-hybridized carbons (Fsp3) is 0.600. The third-order valence-corrected chi connectivity index (χ3v) is 3.48. The van der Waals surface area contributed by atoms with E-state index in [9.17, 15) is 8.78 Å². The molecule has 0 fully saturated rings. The Morgan fingerprint density at radius 2 is 1.74 bits per heavy atom. The molecule has 1 aromatic rings. The first kappa shape index (κ1) is 16.6. The molecule has 0 aliphatic rings. The fourth-order valence-corrected chi connectivity index (χ4v) is 2.46. The van der Waals surface area contributed by atoms with E-state index in [-0.39, 0.29) is 17.0 Å². The van der Waals surface area contributed by atoms with E-state index in [0.717, 1.165) is 6.42 Å². The van der Waals surface area contributed by atoms with E-state index in [1.54, 1.807) is 0 Å². The molecule has 0 spiro atoms. The van der Waals surface area contributed by atoms with Crippen LogP contribution >= 0.6 is 15.9 Å². The van der Waals surface area contributed by atoms with Crippen LogP contribution in [0.1, 0.15) is 52.1 Å². The number of rotatable bonds is 5. The minimum Gasteiger partial charge on any atom is -0.310 e. The van der Waals surface area contributed by atoms with E-state index in [2.05, 4.69) is 42.0 Å². The molecule has 0 heterocycles. The van der Waals surface area contributed by atoms with Gasteiger partial charge in [-0.15, -0.1) is 0 Å². The second-order valence-electron chi connectivity index (χ2n) is 5.99. The predicted octanol–water partition coefficient (Wildman–Crippen LogP) is 5.20. The van der Waals surface area contributed by atoms with Crippen molar-refractivity contribution in [1.82, 2.24) is 5.32 Å². The van der Waals surface area contributed by atoms with Crippen LogP contribution in [0.2, 0.25) is 0 Å². The van der Waals surface area contributed by atoms with Crippen LogP contribution in [0.3, 0.4) is 0 Å². The lowest BCUT2D eigenvalue weighted by molar-refractivity contribution is 0.326. The van der Waals surface area contributed by atoms with E-state index in [1.165, 1.54) is 12.1 Å². The highest BCUT2D eigenvalue weighted by Crippen LogP contribution is 2.31. The van der Waals surface area contributed by atoms with Crippen LogP contribution in [0, 0.1) is 17.0 Å². The molecule has 0 amide bonds. The first-order valence-electron chi connectivity index (χ1n) is 6.62. The number of halogens is 3. The van der Waals surface area contributed by atoms with E-state index in [1.807, 2.05) is 6.92 Å². The van der Waals surface area contributed by atoms with Crippen molar-refractivity contribution in [3.05, 3.63) is 33.8 Å². The average molecular weight is 334 g/mol. The van der Waals surface area contributed by atoms with Crippen molar-refractivity contribution < 1.29 is 8.78 Å². The molecular weight excluding hydrogens is 312 g/mol. The quantitative estimate of drug-likeness (QED) is 0.780. The summed E-state index contributed by atoms with van der Waals surface area (Å²) in [6.45, 7) is 9.02. The maximum Gasteiger partial charge on any atom is 0.132 e. The molecular formula is C15H22BrF2N. The smallest absolute Gasteiger partial charge is 0.132 e. The minimum absolute atomic E-state index is 0.148. The van der Waals surface area contributed by atoms with Crippen molar-refractivity contribution >= 4 is 15.9 Å². The molecule has 1 aromatic carbocycles. The average Bonchev–Trinajstić information content (AvgIpc) is 2.23. The highest BCUT2D eigenvalue weighted by Gasteiger charge is 2.22. The van der Waals surface area contributed by atoms with Gasteiger partial charge in [0, 0.05) is 16.1 Å². The predicted molar refractivity (Wildman–Crippen MR) is 79.2 cm³/mol. The van der Waals surface area contributed by atoms with Gasteiger partial charge in [-0.2, -0.15) is 0 Å². The van der Waals surface area contributed by atoms with Gasteiger partial charge in [0.05, 0.1) is 0 Å². The van der Waals surface area contributed by atoms with Crippen molar-refractivity contribution in [1.29, 1.82) is 0 Å². The molecule has 1 rings (SSSR count). The van der Waals surface area contributed by atoms with Gasteiger partial charge in [0.15, 0.2) is 0 Å². The summed E-state index contributed by atoms with van der Waals surface area (Å²) in [5.74, 6) is -0.988. The zero-order chi connectivity index (χ0) is 14.6. The molecule has 0 bridgehead atoms. The third kappa shape index (κ3) is 5.19. The number of nitrogens with one attached hydrogen (secondary N) is 1. The van der Waals surface area contributed by atoms with Gasteiger partial charge in [-0.3, -0.25) is 0 Å². The second kappa shape index (κ2) is 6.80. The molecule has 0 radical (unpaired) electrons. The van der Waals surface area contributed by atoms with Gasteiger partial charge in [0.1, 0.15) is 11.6 Å². The Labute approximate surface area is 122 Å². The zero-order valence-corrected chi connectivity index (χ0v) is 13.6. The number of benzene rings is 1. The summed E-state index contributed by atoms with van der Waals surface area (Å²) < 4.78 is 28.4. The van der Waals surface area contributed by atoms with Crippen molar-refractivity contribution in [3.63, 3.8) is 0 Å². The second-order valence-corrected chi connectivity index (χ2v) is 6.91. The monoisotopic (exact) mass is 333 g/mol. The first-order chi connectivity index (χ1) is 8.74. The van der Waals surface area contributed by atoms with Gasteiger partial charge in [0.25, 0.3) is 0 Å². The summed E-state index contributed by atoms with van der Waals surface area (Å²) in [6, 6.07) is 2.36. The largest absolute Gasteiger partial charge is 0.310 e. The SMILES string of the molecule is CCNC(CCC(C)(C)C)c1c(F)cc(Br)cc1F. The zero-order valence-electron chi connectivity index (χ0n) is 12.0. The summed E-state index contributed by atoms with van der Waals surface area (Å²) >= 11 is 3.11. The van der Waals surface area contributed by atoms with Gasteiger partial charge in [-0.05, 0) is 36.9 Å². The van der Waals surface area contributed by atoms with Crippen molar-refractivity contribution in [2.24, 2.45) is 5.41 Å². The summed E-state index contributed by atoms with van der Waals surface area (Å²) in [7, 11) is 0. The molecule has 1 atom stereocenters. The minimum atomic E-state index is -0.494. The van der Waals surface area contributed by atoms with E-state index >= 15 is 0 Å². The lowest BCUT2D eigenvalue weighted by Crippen LogP contribution is -2.24. The molecule has 0 aliphatic heterocycles. The van der Waals surface area contributed by atoms with Gasteiger partial charge in [0.2, 0.25) is 0 Å². The van der Waals surface area contributed by atoms with Crippen molar-refractivity contribution in [3.8, 4) is 0 Å². The van der Waals surface area contributed by atoms with Crippen LogP contribution < -0.4 is 5.32 Å². The van der Waals surface area contributed by atoms with Gasteiger partial charge in [-0.25, -0.2) is 8.78 Å². The Kier molecular flexibility index (Phi) is 5.93. The Morgan fingerprint density at radius 3 is 2.16 bits per heavy atom. The third-order valence-electron chi connectivity index (χ3n) is 3.03. The van der Waals surface area contributed by atoms with Crippen LogP contribution in [0.5, 0.6) is 0 Å². The molecule has 108 valence electrons. The van der Waals surface area contributed by atoms with Gasteiger partial charge >= 0.3 is 0 Å². The Balaban J connectivity index is 2.99. The highest BCUT2D eigenvalue weighted by molar-refractivity contribution is 9.10. The Hall–Kier alpha value is -0.480. The Bertz CT molecular complexity index is 404. The summed E-state index contributed by atoms with van der Waals surface area (Å²) in [4.78, 5) is 0. The number of hydrogen-bond donors (Lipinski definition) is 1. The topological polar surface area (TPSA) is 12.0 Å². The number of hydrogen-bond acceptors (Lipinski definition) is 1. The van der Waals surface area contributed by atoms with Gasteiger partial charge in [-0.1, -0.05) is 43.6 Å². The fourth-order valence-electron chi connectivity index (χ4n) is 2.06. The lowest BCUT2D eigenvalue weighted by atomic mass is 9.87. The maximum atomic E-state index is 14.0. The Morgan fingerprint density at radius 1 is 1.21 bits per heavy atom. The highest BCUT2D eigenvalue weighted by atomic mass is 79.9. The van der Waals surface area contributed by atoms with E-state index in [4.69, 9.17) is 0 Å². The molecule has 1 N–H and O–H groups in total. The van der Waals surface area contributed by atoms with Crippen LogP contribution in [-0.4, -0.2) is 6.54 Å². The van der Waals surface area contributed by atoms with E-state index < -0.39 is 11.6 Å². The van der Waals surface area contributed by atoms with E-state index in [0.29, 0.717) is 17.4 Å². The summed E-state index contributed by atoms with van der Waals surface area (Å²) in [5, 5.41) is 3.18. The molecule has 0 saturated heterocycles. The lowest BCUT2D eigenvalue weighted by Gasteiger charge is -2.24. The molecule has 0 aromatic heterocycles. The van der Waals surface area contributed by atoms with Crippen LogP contribution in [-0.2, 0) is 0 Å².